The number of hydrogen-bond acceptors (Lipinski definition) is 2. The summed E-state index contributed by atoms with van der Waals surface area (Å²) in [6.07, 6.45) is 1.52. The van der Waals surface area contributed by atoms with Crippen LogP contribution < -0.4 is 0 Å². The third-order valence-corrected chi connectivity index (χ3v) is 10.9. The van der Waals surface area contributed by atoms with Crippen molar-refractivity contribution in [1.29, 1.82) is 0 Å². The average Bonchev–Trinajstić information content (AvgIpc) is 3.06. The standard InChI is InChI=1S/C11H20S2Se2/c1-9(6-15-8-11-5-13-11)2-3-14-7-10-4-12-10/h9-11H,2-8H2,1H3. The first-order valence-corrected chi connectivity index (χ1v) is 12.7. The van der Waals surface area contributed by atoms with Gasteiger partial charge in [-0.3, -0.25) is 0 Å². The number of rotatable bonds is 9. The van der Waals surface area contributed by atoms with Crippen LogP contribution in [0, 0.1) is 5.92 Å². The van der Waals surface area contributed by atoms with E-state index in [1.165, 1.54) is 17.9 Å². The Morgan fingerprint density at radius 1 is 1.13 bits per heavy atom. The molecule has 0 aliphatic carbocycles. The quantitative estimate of drug-likeness (QED) is 0.345. The fourth-order valence-corrected chi connectivity index (χ4v) is 9.52. The van der Waals surface area contributed by atoms with E-state index in [9.17, 15) is 0 Å². The van der Waals surface area contributed by atoms with Crippen molar-refractivity contribution in [2.75, 3.05) is 11.5 Å². The molecule has 0 spiro atoms. The van der Waals surface area contributed by atoms with Gasteiger partial charge in [-0.2, -0.15) is 0 Å². The molecule has 88 valence electrons. The molecule has 2 aliphatic heterocycles. The van der Waals surface area contributed by atoms with Crippen molar-refractivity contribution in [1.82, 2.24) is 0 Å². The van der Waals surface area contributed by atoms with Gasteiger partial charge in [-0.25, -0.2) is 0 Å². The van der Waals surface area contributed by atoms with Crippen molar-refractivity contribution in [3.8, 4) is 0 Å². The Labute approximate surface area is 115 Å². The molecule has 4 heteroatoms. The van der Waals surface area contributed by atoms with E-state index in [1.807, 2.05) is 0 Å². The number of thioether (sulfide) groups is 2. The van der Waals surface area contributed by atoms with Crippen LogP contribution in [0.5, 0.6) is 0 Å². The maximum atomic E-state index is 2.48. The van der Waals surface area contributed by atoms with Gasteiger partial charge in [-0.05, 0) is 0 Å². The van der Waals surface area contributed by atoms with Gasteiger partial charge in [0.15, 0.2) is 0 Å². The second-order valence-electron chi connectivity index (χ2n) is 4.42. The van der Waals surface area contributed by atoms with E-state index in [1.54, 1.807) is 21.3 Å². The first-order valence-electron chi connectivity index (χ1n) is 5.73. The summed E-state index contributed by atoms with van der Waals surface area (Å²) >= 11 is 6.27. The molecule has 3 atom stereocenters. The molecule has 0 aromatic carbocycles. The van der Waals surface area contributed by atoms with Crippen molar-refractivity contribution in [3.63, 3.8) is 0 Å². The van der Waals surface area contributed by atoms with Crippen LogP contribution in [0.25, 0.3) is 0 Å². The van der Waals surface area contributed by atoms with Crippen molar-refractivity contribution < 1.29 is 0 Å². The third-order valence-electron chi connectivity index (χ3n) is 2.57. The third kappa shape index (κ3) is 6.91. The first-order chi connectivity index (χ1) is 7.34. The Balaban J connectivity index is 1.35. The summed E-state index contributed by atoms with van der Waals surface area (Å²) in [5, 5.41) is 8.42. The second kappa shape index (κ2) is 7.23. The van der Waals surface area contributed by atoms with E-state index in [0.29, 0.717) is 0 Å². The molecule has 2 saturated heterocycles. The molecule has 0 amide bonds. The zero-order chi connectivity index (χ0) is 10.5. The Kier molecular flexibility index (Phi) is 6.36. The molecule has 0 bridgehead atoms. The first kappa shape index (κ1) is 13.2. The van der Waals surface area contributed by atoms with Crippen LogP contribution in [-0.2, 0) is 0 Å². The second-order valence-corrected chi connectivity index (χ2v) is 11.8. The molecule has 0 N–H and O–H groups in total. The zero-order valence-electron chi connectivity index (χ0n) is 9.31. The minimum atomic E-state index is 0.965. The molecule has 15 heavy (non-hydrogen) atoms. The van der Waals surface area contributed by atoms with Gasteiger partial charge >= 0.3 is 116 Å². The maximum absolute atomic E-state index is 2.48. The van der Waals surface area contributed by atoms with Gasteiger partial charge in [0.2, 0.25) is 0 Å². The van der Waals surface area contributed by atoms with Crippen LogP contribution in [0.15, 0.2) is 0 Å². The topological polar surface area (TPSA) is 0 Å². The van der Waals surface area contributed by atoms with Gasteiger partial charge in [-0.1, -0.05) is 0 Å². The van der Waals surface area contributed by atoms with Gasteiger partial charge in [-0.15, -0.1) is 0 Å². The number of hydrogen-bond donors (Lipinski definition) is 0. The molecule has 3 unspecified atom stereocenters. The predicted octanol–water partition coefficient (Wildman–Crippen LogP) is 3.33. The molecule has 0 nitrogen and oxygen atoms in total. The molecule has 0 radical (unpaired) electrons. The fraction of sp³-hybridized carbons (Fsp3) is 1.00. The Bertz CT molecular complexity index is 181. The van der Waals surface area contributed by atoms with Gasteiger partial charge in [0.1, 0.15) is 0 Å². The minimum absolute atomic E-state index is 0.965. The SMILES string of the molecule is CC(CC[Se]CC1CS1)C[Se]CC1CS1. The van der Waals surface area contributed by atoms with Crippen LogP contribution >= 0.6 is 23.5 Å². The molecule has 0 aromatic heterocycles. The van der Waals surface area contributed by atoms with Gasteiger partial charge in [0.25, 0.3) is 0 Å². The average molecular weight is 374 g/mol. The van der Waals surface area contributed by atoms with Crippen LogP contribution in [0.4, 0.5) is 0 Å². The van der Waals surface area contributed by atoms with Crippen LogP contribution in [0.2, 0.25) is 21.3 Å². The zero-order valence-corrected chi connectivity index (χ0v) is 14.4. The summed E-state index contributed by atoms with van der Waals surface area (Å²) in [7, 11) is 0. The molecule has 2 heterocycles. The molecule has 2 fully saturated rings. The molecule has 2 aliphatic rings. The van der Waals surface area contributed by atoms with Crippen molar-refractivity contribution in [2.45, 2.75) is 45.1 Å². The van der Waals surface area contributed by atoms with Crippen LogP contribution in [0.3, 0.4) is 0 Å². The van der Waals surface area contributed by atoms with Crippen molar-refractivity contribution >= 4 is 53.4 Å². The van der Waals surface area contributed by atoms with Gasteiger partial charge < -0.3 is 0 Å². The predicted molar refractivity (Wildman–Crippen MR) is 77.0 cm³/mol. The Morgan fingerprint density at radius 2 is 1.73 bits per heavy atom. The molecule has 2 rings (SSSR count). The summed E-state index contributed by atoms with van der Waals surface area (Å²) < 4.78 is 0. The van der Waals surface area contributed by atoms with Crippen molar-refractivity contribution in [2.24, 2.45) is 5.92 Å². The molecular weight excluding hydrogens is 354 g/mol. The van der Waals surface area contributed by atoms with E-state index in [2.05, 4.69) is 30.4 Å². The Morgan fingerprint density at radius 3 is 2.33 bits per heavy atom. The summed E-state index contributed by atoms with van der Waals surface area (Å²) in [6, 6.07) is 0. The monoisotopic (exact) mass is 376 g/mol. The van der Waals surface area contributed by atoms with E-state index in [4.69, 9.17) is 0 Å². The van der Waals surface area contributed by atoms with E-state index < -0.39 is 0 Å². The van der Waals surface area contributed by atoms with Gasteiger partial charge in [0, 0.05) is 0 Å². The normalized spacial score (nSPS) is 30.2. The summed E-state index contributed by atoms with van der Waals surface area (Å²) in [5.41, 5.74) is 0. The van der Waals surface area contributed by atoms with Crippen molar-refractivity contribution in [3.05, 3.63) is 0 Å². The summed E-state index contributed by atoms with van der Waals surface area (Å²) in [6.45, 7) is 2.48. The van der Waals surface area contributed by atoms with Gasteiger partial charge in [0.05, 0.1) is 0 Å². The molecule has 0 saturated carbocycles. The van der Waals surface area contributed by atoms with Crippen LogP contribution in [0.1, 0.15) is 13.3 Å². The molecule has 0 aromatic rings. The van der Waals surface area contributed by atoms with E-state index in [-0.39, 0.29) is 0 Å². The van der Waals surface area contributed by atoms with Crippen LogP contribution in [-0.4, -0.2) is 51.9 Å². The van der Waals surface area contributed by atoms with E-state index in [0.717, 1.165) is 46.3 Å². The Hall–Kier alpha value is 1.74. The summed E-state index contributed by atoms with van der Waals surface area (Å²) in [5.74, 6) is 3.97. The fourth-order valence-electron chi connectivity index (χ4n) is 1.31. The summed E-state index contributed by atoms with van der Waals surface area (Å²) in [4.78, 5) is 0. The molecular formula is C11H20S2Se2. The van der Waals surface area contributed by atoms with E-state index >= 15 is 0 Å².